The Bertz CT molecular complexity index is 1050. The molecule has 29 heavy (non-hydrogen) atoms. The van der Waals surface area contributed by atoms with E-state index < -0.39 is 5.97 Å². The number of carboxylic acid groups (broad SMARTS) is 1. The van der Waals surface area contributed by atoms with Crippen LogP contribution in [-0.4, -0.2) is 45.8 Å². The average Bonchev–Trinajstić information content (AvgIpc) is 2.94. The minimum absolute atomic E-state index is 0.113. The average molecular weight is 433 g/mol. The largest absolute Gasteiger partial charge is 0.503 e. The Morgan fingerprint density at radius 2 is 2.10 bits per heavy atom. The van der Waals surface area contributed by atoms with Gasteiger partial charge in [0.05, 0.1) is 27.8 Å². The molecule has 1 fully saturated rings. The molecule has 0 saturated carbocycles. The number of carbonyl (C=O) groups is 2. The van der Waals surface area contributed by atoms with E-state index in [9.17, 15) is 14.7 Å². The molecule has 2 N–H and O–H groups in total. The molecule has 0 aliphatic carbocycles. The number of benzene rings is 2. The highest BCUT2D eigenvalue weighted by Crippen LogP contribution is 2.38. The summed E-state index contributed by atoms with van der Waals surface area (Å²) in [6.45, 7) is 2.14. The number of halogens is 1. The molecule has 2 aromatic rings. The molecule has 9 heteroatoms. The van der Waals surface area contributed by atoms with Crippen molar-refractivity contribution in [3.8, 4) is 11.5 Å². The summed E-state index contributed by atoms with van der Waals surface area (Å²) < 4.78 is 5.36. The molecule has 2 aromatic carbocycles. The molecule has 0 atom stereocenters. The predicted octanol–water partition coefficient (Wildman–Crippen LogP) is 4.38. The smallest absolute Gasteiger partial charge is 0.335 e. The van der Waals surface area contributed by atoms with Gasteiger partial charge in [0.25, 0.3) is 5.91 Å². The summed E-state index contributed by atoms with van der Waals surface area (Å²) in [5.41, 5.74) is 1.14. The van der Waals surface area contributed by atoms with Crippen LogP contribution in [0.2, 0.25) is 5.02 Å². The third kappa shape index (κ3) is 4.55. The van der Waals surface area contributed by atoms with Crippen LogP contribution in [0, 0.1) is 0 Å². The fraction of sp³-hybridized carbons (Fsp3) is 0.150. The normalized spacial score (nSPS) is 16.7. The molecule has 0 spiro atoms. The van der Waals surface area contributed by atoms with Gasteiger partial charge in [-0.05, 0) is 60.7 Å². The maximum atomic E-state index is 12.6. The second-order valence-electron chi connectivity index (χ2n) is 6.01. The van der Waals surface area contributed by atoms with Crippen LogP contribution < -0.4 is 4.74 Å². The summed E-state index contributed by atoms with van der Waals surface area (Å²) in [5, 5.41) is 19.6. The number of aliphatic imine (C=N–C) groups is 1. The molecule has 1 saturated heterocycles. The zero-order valence-electron chi connectivity index (χ0n) is 15.5. The fourth-order valence-electron chi connectivity index (χ4n) is 2.56. The van der Waals surface area contributed by atoms with E-state index >= 15 is 0 Å². The van der Waals surface area contributed by atoms with Crippen molar-refractivity contribution in [3.05, 3.63) is 57.5 Å². The van der Waals surface area contributed by atoms with Gasteiger partial charge in [0.15, 0.2) is 16.7 Å². The topological polar surface area (TPSA) is 99.4 Å². The number of amides is 1. The number of amidine groups is 1. The van der Waals surface area contributed by atoms with Gasteiger partial charge in [-0.15, -0.1) is 0 Å². The van der Waals surface area contributed by atoms with Crippen LogP contribution >= 0.6 is 23.4 Å². The number of rotatable bonds is 5. The van der Waals surface area contributed by atoms with Gasteiger partial charge in [0, 0.05) is 7.05 Å². The maximum absolute atomic E-state index is 12.6. The van der Waals surface area contributed by atoms with Crippen LogP contribution in [0.5, 0.6) is 11.5 Å². The van der Waals surface area contributed by atoms with Crippen molar-refractivity contribution in [1.29, 1.82) is 0 Å². The Labute approximate surface area is 176 Å². The molecule has 0 bridgehead atoms. The molecule has 1 heterocycles. The lowest BCUT2D eigenvalue weighted by molar-refractivity contribution is -0.121. The molecular formula is C20H17ClN2O5S. The molecule has 1 aliphatic heterocycles. The zero-order valence-corrected chi connectivity index (χ0v) is 17.1. The van der Waals surface area contributed by atoms with Gasteiger partial charge in [0.1, 0.15) is 0 Å². The molecule has 150 valence electrons. The summed E-state index contributed by atoms with van der Waals surface area (Å²) in [6, 6.07) is 9.29. The summed E-state index contributed by atoms with van der Waals surface area (Å²) >= 11 is 7.20. The van der Waals surface area contributed by atoms with E-state index in [2.05, 4.69) is 4.99 Å². The molecule has 0 unspecified atom stereocenters. The number of hydrogen-bond donors (Lipinski definition) is 2. The van der Waals surface area contributed by atoms with Crippen LogP contribution in [0.15, 0.2) is 46.3 Å². The van der Waals surface area contributed by atoms with E-state index in [4.69, 9.17) is 21.4 Å². The summed E-state index contributed by atoms with van der Waals surface area (Å²) in [6.07, 6.45) is 1.63. The lowest BCUT2D eigenvalue weighted by atomic mass is 10.2. The summed E-state index contributed by atoms with van der Waals surface area (Å²) in [4.78, 5) is 29.9. The van der Waals surface area contributed by atoms with E-state index in [1.165, 1.54) is 23.1 Å². The summed E-state index contributed by atoms with van der Waals surface area (Å²) in [7, 11) is 1.59. The molecule has 0 radical (unpaired) electrons. The number of thioether (sulfide) groups is 1. The lowest BCUT2D eigenvalue weighted by Crippen LogP contribution is -2.23. The van der Waals surface area contributed by atoms with Gasteiger partial charge < -0.3 is 14.9 Å². The van der Waals surface area contributed by atoms with Crippen molar-refractivity contribution in [2.75, 3.05) is 13.7 Å². The second kappa shape index (κ2) is 8.59. The highest BCUT2D eigenvalue weighted by molar-refractivity contribution is 8.18. The number of likely N-dealkylation sites (N-methyl/N-ethyl adjacent to an activating group) is 1. The van der Waals surface area contributed by atoms with Gasteiger partial charge >= 0.3 is 5.97 Å². The van der Waals surface area contributed by atoms with E-state index in [0.29, 0.717) is 27.9 Å². The SMILES string of the molecule is CCOc1cc(/C=C2/SC(=Nc3cccc(C(=O)O)c3)N(C)C2=O)cc(Cl)c1O. The van der Waals surface area contributed by atoms with Crippen LogP contribution in [0.25, 0.3) is 6.08 Å². The molecule has 7 nitrogen and oxygen atoms in total. The fourth-order valence-corrected chi connectivity index (χ4v) is 3.77. The van der Waals surface area contributed by atoms with Gasteiger partial charge in [0.2, 0.25) is 0 Å². The van der Waals surface area contributed by atoms with Crippen molar-refractivity contribution in [1.82, 2.24) is 4.90 Å². The number of ether oxygens (including phenoxy) is 1. The van der Waals surface area contributed by atoms with Crippen molar-refractivity contribution in [2.24, 2.45) is 4.99 Å². The third-order valence-electron chi connectivity index (χ3n) is 3.97. The third-order valence-corrected chi connectivity index (χ3v) is 5.32. The molecule has 1 amide bonds. The number of phenolic OH excluding ortho intramolecular Hbond substituents is 1. The van der Waals surface area contributed by atoms with Crippen molar-refractivity contribution >= 4 is 52.2 Å². The molecule has 3 rings (SSSR count). The Morgan fingerprint density at radius 3 is 2.79 bits per heavy atom. The Balaban J connectivity index is 1.93. The first-order valence-corrected chi connectivity index (χ1v) is 9.74. The van der Waals surface area contributed by atoms with E-state index in [-0.39, 0.29) is 28.0 Å². The standard InChI is InChI=1S/C20H17ClN2O5S/c1-3-28-15-8-11(7-14(21)17(15)24)9-16-18(25)23(2)20(29-16)22-13-6-4-5-12(10-13)19(26)27/h4-10,24H,3H2,1-2H3,(H,26,27)/b16-9+,22-20?. The van der Waals surface area contributed by atoms with Crippen molar-refractivity contribution < 1.29 is 24.5 Å². The maximum Gasteiger partial charge on any atom is 0.335 e. The first kappa shape index (κ1) is 20.8. The van der Waals surface area contributed by atoms with Gasteiger partial charge in [-0.3, -0.25) is 9.69 Å². The van der Waals surface area contributed by atoms with Crippen molar-refractivity contribution in [3.63, 3.8) is 0 Å². The minimum atomic E-state index is -1.05. The van der Waals surface area contributed by atoms with Crippen LogP contribution in [0.3, 0.4) is 0 Å². The monoisotopic (exact) mass is 432 g/mol. The Hall–Kier alpha value is -2.97. The Morgan fingerprint density at radius 1 is 1.34 bits per heavy atom. The molecule has 0 aromatic heterocycles. The molecule has 1 aliphatic rings. The highest BCUT2D eigenvalue weighted by atomic mass is 35.5. The van der Waals surface area contributed by atoms with Gasteiger partial charge in [-0.1, -0.05) is 17.7 Å². The number of hydrogen-bond acceptors (Lipinski definition) is 6. The van der Waals surface area contributed by atoms with Crippen LogP contribution in [0.1, 0.15) is 22.8 Å². The minimum Gasteiger partial charge on any atom is -0.503 e. The number of carboxylic acids is 1. The van der Waals surface area contributed by atoms with Gasteiger partial charge in [-0.2, -0.15) is 0 Å². The molecular weight excluding hydrogens is 416 g/mol. The number of aromatic carboxylic acids is 1. The highest BCUT2D eigenvalue weighted by Gasteiger charge is 2.30. The second-order valence-corrected chi connectivity index (χ2v) is 7.42. The summed E-state index contributed by atoms with van der Waals surface area (Å²) in [5.74, 6) is -1.23. The first-order chi connectivity index (χ1) is 13.8. The number of carbonyl (C=O) groups excluding carboxylic acids is 1. The van der Waals surface area contributed by atoms with Gasteiger partial charge in [-0.25, -0.2) is 9.79 Å². The van der Waals surface area contributed by atoms with E-state index in [0.717, 1.165) is 11.8 Å². The van der Waals surface area contributed by atoms with E-state index in [1.54, 1.807) is 38.2 Å². The van der Waals surface area contributed by atoms with Crippen LogP contribution in [-0.2, 0) is 4.79 Å². The quantitative estimate of drug-likeness (QED) is 0.680. The van der Waals surface area contributed by atoms with Crippen LogP contribution in [0.4, 0.5) is 5.69 Å². The number of nitrogens with zero attached hydrogens (tertiary/aromatic N) is 2. The first-order valence-electron chi connectivity index (χ1n) is 8.55. The lowest BCUT2D eigenvalue weighted by Gasteiger charge is -2.08. The predicted molar refractivity (Wildman–Crippen MR) is 113 cm³/mol. The Kier molecular flexibility index (Phi) is 6.14. The number of aromatic hydroxyl groups is 1. The zero-order chi connectivity index (χ0) is 21.1. The number of phenols is 1. The van der Waals surface area contributed by atoms with E-state index in [1.807, 2.05) is 0 Å². The van der Waals surface area contributed by atoms with Crippen molar-refractivity contribution in [2.45, 2.75) is 6.92 Å².